The number of aromatic nitrogens is 1. The summed E-state index contributed by atoms with van der Waals surface area (Å²) in [5, 5.41) is 0. The second-order valence-electron chi connectivity index (χ2n) is 3.01. The van der Waals surface area contributed by atoms with Crippen molar-refractivity contribution in [3.63, 3.8) is 0 Å². The topological polar surface area (TPSA) is 22.0 Å². The van der Waals surface area contributed by atoms with Crippen LogP contribution in [0.4, 0.5) is 0 Å². The first-order valence-electron chi connectivity index (χ1n) is 5.46. The zero-order valence-corrected chi connectivity index (χ0v) is 7.55. The highest BCUT2D eigenvalue weighted by Gasteiger charge is 1.97. The predicted molar refractivity (Wildman–Crippen MR) is 56.8 cm³/mol. The minimum atomic E-state index is -1.07. The van der Waals surface area contributed by atoms with Crippen LogP contribution in [0.25, 0.3) is 5.69 Å². The summed E-state index contributed by atoms with van der Waals surface area (Å²) in [5.74, 6) is 0. The van der Waals surface area contributed by atoms with E-state index in [4.69, 9.17) is 2.74 Å². The van der Waals surface area contributed by atoms with Gasteiger partial charge in [-0.1, -0.05) is 24.3 Å². The Morgan fingerprint density at radius 3 is 2.64 bits per heavy atom. The van der Waals surface area contributed by atoms with Gasteiger partial charge < -0.3 is 0 Å². The number of nitrogens with zero attached hydrogens (tertiary/aromatic N) is 1. The molecule has 0 aliphatic heterocycles. The molecule has 0 atom stereocenters. The van der Waals surface area contributed by atoms with Crippen LogP contribution in [-0.2, 0) is 0 Å². The molecule has 0 amide bonds. The van der Waals surface area contributed by atoms with Crippen LogP contribution in [-0.4, -0.2) is 4.57 Å². The van der Waals surface area contributed by atoms with Crippen LogP contribution in [0.3, 0.4) is 0 Å². The predicted octanol–water partition coefficient (Wildman–Crippen LogP) is 2.15. The van der Waals surface area contributed by atoms with Gasteiger partial charge in [0.1, 0.15) is 0 Å². The zero-order chi connectivity index (χ0) is 11.5. The summed E-state index contributed by atoms with van der Waals surface area (Å²) in [6.07, 6.45) is 1.54. The molecule has 70 valence electrons. The second-order valence-corrected chi connectivity index (χ2v) is 3.01. The molecule has 2 heteroatoms. The molecule has 0 saturated heterocycles. The third-order valence-electron chi connectivity index (χ3n) is 1.97. The molecule has 1 heterocycles. The number of hydrogen-bond acceptors (Lipinski definition) is 1. The van der Waals surface area contributed by atoms with E-state index in [2.05, 4.69) is 0 Å². The van der Waals surface area contributed by atoms with E-state index in [-0.39, 0.29) is 5.56 Å². The average molecular weight is 187 g/mol. The average Bonchev–Trinajstić information content (AvgIpc) is 2.30. The van der Waals surface area contributed by atoms with Crippen molar-refractivity contribution in [3.8, 4) is 5.69 Å². The Labute approximate surface area is 85.3 Å². The maximum atomic E-state index is 11.6. The Bertz CT molecular complexity index is 534. The van der Waals surface area contributed by atoms with Crippen LogP contribution in [0.2, 0.25) is 0 Å². The number of benzene rings is 1. The van der Waals surface area contributed by atoms with Gasteiger partial charge in [-0.05, 0) is 24.6 Å². The number of aryl methyl sites for hydroxylation is 1. The molecule has 0 N–H and O–H groups in total. The standard InChI is InChI=1S/C12H11NO/c1-10-7-8-12(14)13(9-10)11-5-3-2-4-6-11/h2-9H,1H3/i1D2. The number of pyridine rings is 1. The largest absolute Gasteiger partial charge is 0.284 e. The molecule has 0 unspecified atom stereocenters. The molecule has 0 saturated carbocycles. The van der Waals surface area contributed by atoms with Gasteiger partial charge in [0.05, 0.1) is 0 Å². The lowest BCUT2D eigenvalue weighted by Gasteiger charge is -2.05. The fourth-order valence-corrected chi connectivity index (χ4v) is 1.29. The first kappa shape index (κ1) is 6.60. The zero-order valence-electron chi connectivity index (χ0n) is 9.55. The highest BCUT2D eigenvalue weighted by Crippen LogP contribution is 2.04. The normalized spacial score (nSPS) is 12.4. The Morgan fingerprint density at radius 2 is 1.93 bits per heavy atom. The van der Waals surface area contributed by atoms with Gasteiger partial charge in [-0.2, -0.15) is 0 Å². The first-order valence-corrected chi connectivity index (χ1v) is 4.31. The third-order valence-corrected chi connectivity index (χ3v) is 1.97. The lowest BCUT2D eigenvalue weighted by molar-refractivity contribution is 0.976. The molecule has 0 radical (unpaired) electrons. The molecular formula is C12H11NO. The fraction of sp³-hybridized carbons (Fsp3) is 0.0833. The lowest BCUT2D eigenvalue weighted by atomic mass is 10.3. The van der Waals surface area contributed by atoms with E-state index in [1.54, 1.807) is 6.20 Å². The summed E-state index contributed by atoms with van der Waals surface area (Å²) < 4.78 is 16.0. The van der Waals surface area contributed by atoms with Gasteiger partial charge in [-0.15, -0.1) is 0 Å². The number of rotatable bonds is 1. The van der Waals surface area contributed by atoms with Gasteiger partial charge in [-0.25, -0.2) is 0 Å². The van der Waals surface area contributed by atoms with Crippen molar-refractivity contribution in [2.75, 3.05) is 0 Å². The summed E-state index contributed by atoms with van der Waals surface area (Å²) in [6, 6.07) is 12.1. The van der Waals surface area contributed by atoms with E-state index in [9.17, 15) is 4.79 Å². The van der Waals surface area contributed by atoms with Crippen molar-refractivity contribution < 1.29 is 2.74 Å². The van der Waals surface area contributed by atoms with Crippen molar-refractivity contribution >= 4 is 0 Å². The lowest BCUT2D eigenvalue weighted by Crippen LogP contribution is -2.16. The molecule has 0 bridgehead atoms. The van der Waals surface area contributed by atoms with Gasteiger partial charge in [0.25, 0.3) is 5.56 Å². The second kappa shape index (κ2) is 3.50. The van der Waals surface area contributed by atoms with Crippen molar-refractivity contribution in [1.82, 2.24) is 4.57 Å². The monoisotopic (exact) mass is 187 g/mol. The number of para-hydroxylation sites is 1. The molecule has 0 fully saturated rings. The molecule has 14 heavy (non-hydrogen) atoms. The SMILES string of the molecule is [2H]C([2H])c1ccc(=O)n(-c2ccccc2)c1. The molecule has 2 rings (SSSR count). The maximum Gasteiger partial charge on any atom is 0.255 e. The van der Waals surface area contributed by atoms with Gasteiger partial charge >= 0.3 is 0 Å². The highest BCUT2D eigenvalue weighted by molar-refractivity contribution is 5.32. The molecule has 0 spiro atoms. The van der Waals surface area contributed by atoms with Gasteiger partial charge in [0.15, 0.2) is 0 Å². The van der Waals surface area contributed by atoms with Crippen molar-refractivity contribution in [2.24, 2.45) is 0 Å². The first-order chi connectivity index (χ1) is 7.68. The Balaban J connectivity index is 2.56. The molecule has 1 aromatic heterocycles. The number of hydrogen-bond donors (Lipinski definition) is 0. The van der Waals surface area contributed by atoms with Crippen LogP contribution in [0.1, 0.15) is 8.30 Å². The Morgan fingerprint density at radius 1 is 1.14 bits per heavy atom. The van der Waals surface area contributed by atoms with E-state index in [0.29, 0.717) is 5.56 Å². The molecule has 2 nitrogen and oxygen atoms in total. The molecule has 1 aromatic carbocycles. The summed E-state index contributed by atoms with van der Waals surface area (Å²) in [6.45, 7) is -1.07. The van der Waals surface area contributed by atoms with E-state index in [1.807, 2.05) is 30.3 Å². The third kappa shape index (κ3) is 1.59. The van der Waals surface area contributed by atoms with Crippen molar-refractivity contribution in [3.05, 3.63) is 64.6 Å². The van der Waals surface area contributed by atoms with Gasteiger partial charge in [0, 0.05) is 20.7 Å². The van der Waals surface area contributed by atoms with Crippen LogP contribution in [0.5, 0.6) is 0 Å². The van der Waals surface area contributed by atoms with E-state index in [0.717, 1.165) is 5.69 Å². The Hall–Kier alpha value is -1.83. The Kier molecular flexibility index (Phi) is 1.65. The minimum absolute atomic E-state index is 0.157. The fourth-order valence-electron chi connectivity index (χ4n) is 1.29. The van der Waals surface area contributed by atoms with Gasteiger partial charge in [-0.3, -0.25) is 9.36 Å². The van der Waals surface area contributed by atoms with E-state index < -0.39 is 6.88 Å². The summed E-state index contributed by atoms with van der Waals surface area (Å²) in [4.78, 5) is 11.6. The van der Waals surface area contributed by atoms with Crippen LogP contribution in [0.15, 0.2) is 53.5 Å². The highest BCUT2D eigenvalue weighted by atomic mass is 16.1. The van der Waals surface area contributed by atoms with Crippen LogP contribution >= 0.6 is 0 Å². The van der Waals surface area contributed by atoms with Gasteiger partial charge in [0.2, 0.25) is 0 Å². The van der Waals surface area contributed by atoms with Crippen LogP contribution < -0.4 is 5.56 Å². The summed E-state index contributed by atoms with van der Waals surface area (Å²) in [5.41, 5.74) is 1.09. The van der Waals surface area contributed by atoms with E-state index in [1.165, 1.54) is 16.7 Å². The molecule has 2 aromatic rings. The summed E-state index contributed by atoms with van der Waals surface area (Å²) >= 11 is 0. The maximum absolute atomic E-state index is 11.6. The van der Waals surface area contributed by atoms with Crippen molar-refractivity contribution in [2.45, 2.75) is 6.88 Å². The van der Waals surface area contributed by atoms with Crippen LogP contribution in [0, 0.1) is 6.88 Å². The molecular weight excluding hydrogens is 174 g/mol. The molecule has 0 aliphatic carbocycles. The minimum Gasteiger partial charge on any atom is -0.284 e. The summed E-state index contributed by atoms with van der Waals surface area (Å²) in [7, 11) is 0. The quantitative estimate of drug-likeness (QED) is 0.670. The smallest absolute Gasteiger partial charge is 0.255 e. The van der Waals surface area contributed by atoms with E-state index >= 15 is 0 Å². The van der Waals surface area contributed by atoms with Crippen molar-refractivity contribution in [1.29, 1.82) is 0 Å². The molecule has 0 aliphatic rings.